The van der Waals surface area contributed by atoms with E-state index in [1.807, 2.05) is 0 Å². The second kappa shape index (κ2) is 6.87. The molecule has 0 nitrogen and oxygen atoms in total. The average Bonchev–Trinajstić information content (AvgIpc) is 2.66. The topological polar surface area (TPSA) is 0 Å². The van der Waals surface area contributed by atoms with Crippen LogP contribution in [0, 0.1) is 5.92 Å². The van der Waals surface area contributed by atoms with Gasteiger partial charge in [0.25, 0.3) is 0 Å². The Kier molecular flexibility index (Phi) is 5.75. The Labute approximate surface area is 95.5 Å². The van der Waals surface area contributed by atoms with Crippen LogP contribution >= 0.6 is 0 Å². The van der Waals surface area contributed by atoms with Crippen LogP contribution in [0.5, 0.6) is 0 Å². The van der Waals surface area contributed by atoms with Crippen molar-refractivity contribution in [2.45, 2.75) is 65.7 Å². The van der Waals surface area contributed by atoms with Gasteiger partial charge in [0, 0.05) is 0 Å². The molecule has 0 bridgehead atoms. The van der Waals surface area contributed by atoms with Crippen LogP contribution in [-0.2, 0) is 0 Å². The van der Waals surface area contributed by atoms with E-state index in [1.165, 1.54) is 44.9 Å². The van der Waals surface area contributed by atoms with Gasteiger partial charge in [-0.05, 0) is 43.6 Å². The minimum Gasteiger partial charge on any atom is -0.0843 e. The van der Waals surface area contributed by atoms with Gasteiger partial charge in [-0.25, -0.2) is 0 Å². The maximum Gasteiger partial charge on any atom is -0.0197 e. The summed E-state index contributed by atoms with van der Waals surface area (Å²) in [4.78, 5) is 0. The van der Waals surface area contributed by atoms with Crippen LogP contribution in [-0.4, -0.2) is 0 Å². The van der Waals surface area contributed by atoms with Gasteiger partial charge >= 0.3 is 0 Å². The number of rotatable bonds is 6. The van der Waals surface area contributed by atoms with Crippen molar-refractivity contribution in [3.8, 4) is 0 Å². The Morgan fingerprint density at radius 2 is 2.07 bits per heavy atom. The van der Waals surface area contributed by atoms with Gasteiger partial charge in [0.1, 0.15) is 0 Å². The molecule has 15 heavy (non-hydrogen) atoms. The molecule has 0 aromatic heterocycles. The van der Waals surface area contributed by atoms with Crippen LogP contribution in [0.3, 0.4) is 0 Å². The lowest BCUT2D eigenvalue weighted by Crippen LogP contribution is -1.95. The molecule has 0 amide bonds. The van der Waals surface area contributed by atoms with Gasteiger partial charge in [-0.1, -0.05) is 51.3 Å². The highest BCUT2D eigenvalue weighted by molar-refractivity contribution is 5.31. The summed E-state index contributed by atoms with van der Waals surface area (Å²) in [5, 5.41) is 0. The molecule has 0 heterocycles. The van der Waals surface area contributed by atoms with E-state index in [4.69, 9.17) is 0 Å². The van der Waals surface area contributed by atoms with Crippen molar-refractivity contribution in [3.63, 3.8) is 0 Å². The summed E-state index contributed by atoms with van der Waals surface area (Å²) in [5.41, 5.74) is 3.39. The van der Waals surface area contributed by atoms with E-state index in [-0.39, 0.29) is 0 Å². The third-order valence-corrected chi connectivity index (χ3v) is 3.58. The van der Waals surface area contributed by atoms with Crippen molar-refractivity contribution < 1.29 is 0 Å². The van der Waals surface area contributed by atoms with E-state index >= 15 is 0 Å². The lowest BCUT2D eigenvalue weighted by atomic mass is 9.96. The van der Waals surface area contributed by atoms with Crippen LogP contribution in [0.1, 0.15) is 65.7 Å². The first-order valence-corrected chi connectivity index (χ1v) is 6.71. The maximum atomic E-state index is 2.41. The van der Waals surface area contributed by atoms with E-state index in [0.717, 1.165) is 5.92 Å². The quantitative estimate of drug-likeness (QED) is 0.520. The molecule has 1 aliphatic carbocycles. The number of allylic oxidation sites excluding steroid dienone is 4. The van der Waals surface area contributed by atoms with Crippen LogP contribution in [0.2, 0.25) is 0 Å². The Morgan fingerprint density at radius 1 is 1.27 bits per heavy atom. The Balaban J connectivity index is 2.54. The molecule has 0 spiro atoms. The summed E-state index contributed by atoms with van der Waals surface area (Å²) >= 11 is 0. The molecule has 0 saturated carbocycles. The summed E-state index contributed by atoms with van der Waals surface area (Å²) in [5.74, 6) is 0.890. The predicted molar refractivity (Wildman–Crippen MR) is 69.0 cm³/mol. The van der Waals surface area contributed by atoms with Gasteiger partial charge in [0.15, 0.2) is 0 Å². The van der Waals surface area contributed by atoms with Crippen molar-refractivity contribution in [3.05, 3.63) is 23.3 Å². The molecule has 0 aromatic rings. The fraction of sp³-hybridized carbons (Fsp3) is 0.733. The summed E-state index contributed by atoms with van der Waals surface area (Å²) in [7, 11) is 0. The second-order valence-corrected chi connectivity index (χ2v) is 4.59. The molecular formula is C15H26. The van der Waals surface area contributed by atoms with E-state index in [0.29, 0.717) is 0 Å². The third-order valence-electron chi connectivity index (χ3n) is 3.58. The predicted octanol–water partition coefficient (Wildman–Crippen LogP) is 5.26. The lowest BCUT2D eigenvalue weighted by Gasteiger charge is -2.10. The molecule has 0 radical (unpaired) electrons. The molecule has 0 fully saturated rings. The highest BCUT2D eigenvalue weighted by atomic mass is 14.3. The summed E-state index contributed by atoms with van der Waals surface area (Å²) in [6, 6.07) is 0. The van der Waals surface area contributed by atoms with Gasteiger partial charge in [-0.15, -0.1) is 0 Å². The Morgan fingerprint density at radius 3 is 2.67 bits per heavy atom. The van der Waals surface area contributed by atoms with E-state index in [9.17, 15) is 0 Å². The molecule has 0 N–H and O–H groups in total. The first-order valence-electron chi connectivity index (χ1n) is 6.71. The van der Waals surface area contributed by atoms with Crippen LogP contribution in [0.4, 0.5) is 0 Å². The molecule has 0 heteroatoms. The highest BCUT2D eigenvalue weighted by Crippen LogP contribution is 2.36. The average molecular weight is 206 g/mol. The van der Waals surface area contributed by atoms with Crippen molar-refractivity contribution in [2.75, 3.05) is 0 Å². The zero-order valence-electron chi connectivity index (χ0n) is 10.7. The summed E-state index contributed by atoms with van der Waals surface area (Å²) in [6.07, 6.45) is 14.0. The van der Waals surface area contributed by atoms with Crippen molar-refractivity contribution in [2.24, 2.45) is 5.92 Å². The zero-order valence-corrected chi connectivity index (χ0v) is 10.7. The molecule has 1 rings (SSSR count). The zero-order chi connectivity index (χ0) is 11.1. The second-order valence-electron chi connectivity index (χ2n) is 4.59. The number of unbranched alkanes of at least 4 members (excludes halogenated alkanes) is 2. The lowest BCUT2D eigenvalue weighted by molar-refractivity contribution is 0.572. The largest absolute Gasteiger partial charge is 0.0843 e. The SMILES string of the molecule is CCCCC=CC1=C(CC)C(CC)CC1. The van der Waals surface area contributed by atoms with Crippen molar-refractivity contribution in [1.82, 2.24) is 0 Å². The summed E-state index contributed by atoms with van der Waals surface area (Å²) in [6.45, 7) is 6.89. The first kappa shape index (κ1) is 12.5. The van der Waals surface area contributed by atoms with Gasteiger partial charge in [0.2, 0.25) is 0 Å². The minimum atomic E-state index is 0.890. The van der Waals surface area contributed by atoms with Crippen LogP contribution < -0.4 is 0 Å². The first-order chi connectivity index (χ1) is 7.33. The minimum absolute atomic E-state index is 0.890. The molecule has 0 aliphatic heterocycles. The van der Waals surface area contributed by atoms with E-state index in [2.05, 4.69) is 32.9 Å². The Bertz CT molecular complexity index is 232. The molecule has 1 aliphatic rings. The number of hydrogen-bond acceptors (Lipinski definition) is 0. The monoisotopic (exact) mass is 206 g/mol. The molecular weight excluding hydrogens is 180 g/mol. The smallest absolute Gasteiger partial charge is 0.0197 e. The summed E-state index contributed by atoms with van der Waals surface area (Å²) < 4.78 is 0. The normalized spacial score (nSPS) is 21.9. The third kappa shape index (κ3) is 3.52. The van der Waals surface area contributed by atoms with Crippen LogP contribution in [0.25, 0.3) is 0 Å². The fourth-order valence-corrected chi connectivity index (χ4v) is 2.63. The highest BCUT2D eigenvalue weighted by Gasteiger charge is 2.20. The van der Waals surface area contributed by atoms with Gasteiger partial charge in [-0.2, -0.15) is 0 Å². The fourth-order valence-electron chi connectivity index (χ4n) is 2.63. The molecule has 1 unspecified atom stereocenters. The van der Waals surface area contributed by atoms with Gasteiger partial charge in [-0.3, -0.25) is 0 Å². The molecule has 0 aromatic carbocycles. The number of hydrogen-bond donors (Lipinski definition) is 0. The molecule has 1 atom stereocenters. The van der Waals surface area contributed by atoms with E-state index in [1.54, 1.807) is 11.1 Å². The Hall–Kier alpha value is -0.520. The maximum absolute atomic E-state index is 2.41. The standard InChI is InChI=1S/C15H26/c1-4-7-8-9-10-14-12-11-13(5-2)15(14)6-3/h9-10,13H,4-8,11-12H2,1-3H3. The van der Waals surface area contributed by atoms with Crippen LogP contribution in [0.15, 0.2) is 23.3 Å². The van der Waals surface area contributed by atoms with Crippen molar-refractivity contribution in [1.29, 1.82) is 0 Å². The van der Waals surface area contributed by atoms with Crippen molar-refractivity contribution >= 4 is 0 Å². The van der Waals surface area contributed by atoms with Gasteiger partial charge in [0.05, 0.1) is 0 Å². The molecule has 86 valence electrons. The van der Waals surface area contributed by atoms with E-state index < -0.39 is 0 Å². The van der Waals surface area contributed by atoms with Gasteiger partial charge < -0.3 is 0 Å². The molecule has 0 saturated heterocycles.